The normalized spacial score (nSPS) is 12.1. The number of pyridine rings is 1. The van der Waals surface area contributed by atoms with Crippen LogP contribution < -0.4 is 0 Å². The third-order valence-corrected chi connectivity index (χ3v) is 4.26. The zero-order chi connectivity index (χ0) is 15.5. The monoisotopic (exact) mass is 287 g/mol. The van der Waals surface area contributed by atoms with Gasteiger partial charge in [-0.1, -0.05) is 67.1 Å². The van der Waals surface area contributed by atoms with Gasteiger partial charge in [0, 0.05) is 17.7 Å². The van der Waals surface area contributed by atoms with Crippen LogP contribution in [0.1, 0.15) is 35.1 Å². The van der Waals surface area contributed by atoms with E-state index in [0.717, 1.165) is 5.69 Å². The van der Waals surface area contributed by atoms with Gasteiger partial charge in [0.1, 0.15) is 0 Å². The Morgan fingerprint density at radius 2 is 1.55 bits per heavy atom. The lowest BCUT2D eigenvalue weighted by atomic mass is 9.90. The highest BCUT2D eigenvalue weighted by Gasteiger charge is 2.12. The highest BCUT2D eigenvalue weighted by Crippen LogP contribution is 2.29. The van der Waals surface area contributed by atoms with Crippen molar-refractivity contribution in [2.75, 3.05) is 0 Å². The lowest BCUT2D eigenvalue weighted by Crippen LogP contribution is -2.00. The van der Waals surface area contributed by atoms with Gasteiger partial charge in [-0.05, 0) is 36.6 Å². The molecule has 22 heavy (non-hydrogen) atoms. The van der Waals surface area contributed by atoms with Crippen molar-refractivity contribution < 1.29 is 0 Å². The molecule has 3 rings (SSSR count). The van der Waals surface area contributed by atoms with E-state index in [1.54, 1.807) is 0 Å². The number of rotatable bonds is 3. The summed E-state index contributed by atoms with van der Waals surface area (Å²) in [6.45, 7) is 6.51. The maximum atomic E-state index is 4.61. The van der Waals surface area contributed by atoms with Crippen molar-refractivity contribution in [3.8, 4) is 11.3 Å². The lowest BCUT2D eigenvalue weighted by molar-refractivity contribution is 0.904. The Morgan fingerprint density at radius 1 is 0.864 bits per heavy atom. The fraction of sp³-hybridized carbons (Fsp3) is 0.190. The zero-order valence-electron chi connectivity index (χ0n) is 13.4. The van der Waals surface area contributed by atoms with Gasteiger partial charge in [-0.2, -0.15) is 0 Å². The molecular formula is C21H21N. The van der Waals surface area contributed by atoms with E-state index in [2.05, 4.69) is 86.4 Å². The van der Waals surface area contributed by atoms with Crippen LogP contribution in [0.15, 0.2) is 66.9 Å². The van der Waals surface area contributed by atoms with Crippen molar-refractivity contribution in [3.63, 3.8) is 0 Å². The van der Waals surface area contributed by atoms with E-state index in [9.17, 15) is 0 Å². The summed E-state index contributed by atoms with van der Waals surface area (Å²) >= 11 is 0. The quantitative estimate of drug-likeness (QED) is 0.618. The third kappa shape index (κ3) is 2.94. The molecule has 0 radical (unpaired) electrons. The average molecular weight is 287 g/mol. The fourth-order valence-electron chi connectivity index (χ4n) is 2.81. The van der Waals surface area contributed by atoms with Gasteiger partial charge >= 0.3 is 0 Å². The van der Waals surface area contributed by atoms with Crippen LogP contribution in [0.2, 0.25) is 0 Å². The minimum absolute atomic E-state index is 0.369. The summed E-state index contributed by atoms with van der Waals surface area (Å²) < 4.78 is 0. The van der Waals surface area contributed by atoms with Gasteiger partial charge in [-0.25, -0.2) is 0 Å². The maximum absolute atomic E-state index is 4.61. The van der Waals surface area contributed by atoms with Crippen molar-refractivity contribution in [2.45, 2.75) is 26.7 Å². The van der Waals surface area contributed by atoms with Gasteiger partial charge in [0.2, 0.25) is 0 Å². The molecule has 0 aliphatic heterocycles. The smallest absolute Gasteiger partial charge is 0.0705 e. The highest BCUT2D eigenvalue weighted by atomic mass is 14.7. The summed E-state index contributed by atoms with van der Waals surface area (Å²) in [4.78, 5) is 4.61. The molecule has 1 aromatic heterocycles. The number of aryl methyl sites for hydroxylation is 2. The molecule has 0 bridgehead atoms. The average Bonchev–Trinajstić information content (AvgIpc) is 2.56. The number of hydrogen-bond donors (Lipinski definition) is 0. The van der Waals surface area contributed by atoms with Crippen LogP contribution in [0.5, 0.6) is 0 Å². The number of benzene rings is 2. The molecule has 0 saturated carbocycles. The summed E-state index contributed by atoms with van der Waals surface area (Å²) in [6, 6.07) is 21.4. The molecule has 0 amide bonds. The van der Waals surface area contributed by atoms with E-state index < -0.39 is 0 Å². The fourth-order valence-corrected chi connectivity index (χ4v) is 2.81. The molecule has 0 saturated heterocycles. The summed E-state index contributed by atoms with van der Waals surface area (Å²) in [5.41, 5.74) is 7.42. The Morgan fingerprint density at radius 3 is 2.23 bits per heavy atom. The molecular weight excluding hydrogens is 266 g/mol. The Labute approximate surface area is 132 Å². The van der Waals surface area contributed by atoms with E-state index in [-0.39, 0.29) is 0 Å². The van der Waals surface area contributed by atoms with Crippen LogP contribution in [-0.4, -0.2) is 4.98 Å². The van der Waals surface area contributed by atoms with E-state index >= 15 is 0 Å². The second-order valence-electron chi connectivity index (χ2n) is 5.92. The first kappa shape index (κ1) is 14.5. The molecule has 1 heteroatoms. The van der Waals surface area contributed by atoms with Crippen LogP contribution >= 0.6 is 0 Å². The van der Waals surface area contributed by atoms with Gasteiger partial charge in [-0.3, -0.25) is 4.98 Å². The molecule has 0 fully saturated rings. The topological polar surface area (TPSA) is 12.9 Å². The van der Waals surface area contributed by atoms with Gasteiger partial charge in [0.15, 0.2) is 0 Å². The predicted molar refractivity (Wildman–Crippen MR) is 93.1 cm³/mol. The van der Waals surface area contributed by atoms with Crippen molar-refractivity contribution in [1.82, 2.24) is 4.98 Å². The Hall–Kier alpha value is -2.41. The minimum Gasteiger partial charge on any atom is -0.256 e. The molecule has 1 atom stereocenters. The van der Waals surface area contributed by atoms with Crippen LogP contribution in [0.4, 0.5) is 0 Å². The van der Waals surface area contributed by atoms with Crippen molar-refractivity contribution >= 4 is 0 Å². The second kappa shape index (κ2) is 6.15. The molecule has 0 spiro atoms. The summed E-state index contributed by atoms with van der Waals surface area (Å²) in [6.07, 6.45) is 1.99. The highest BCUT2D eigenvalue weighted by molar-refractivity contribution is 5.61. The van der Waals surface area contributed by atoms with Gasteiger partial charge in [0.05, 0.1) is 5.69 Å². The molecule has 2 aromatic carbocycles. The summed E-state index contributed by atoms with van der Waals surface area (Å²) in [5.74, 6) is 0.369. The first-order chi connectivity index (χ1) is 10.6. The van der Waals surface area contributed by atoms with E-state index in [4.69, 9.17) is 0 Å². The minimum atomic E-state index is 0.369. The predicted octanol–water partition coefficient (Wildman–Crippen LogP) is 5.52. The number of hydrogen-bond acceptors (Lipinski definition) is 1. The van der Waals surface area contributed by atoms with E-state index in [0.29, 0.717) is 5.92 Å². The van der Waals surface area contributed by atoms with Crippen LogP contribution in [-0.2, 0) is 0 Å². The second-order valence-corrected chi connectivity index (χ2v) is 5.92. The number of nitrogens with zero attached hydrogens (tertiary/aromatic N) is 1. The molecule has 1 heterocycles. The lowest BCUT2D eigenvalue weighted by Gasteiger charge is -2.16. The van der Waals surface area contributed by atoms with Gasteiger partial charge in [-0.15, -0.1) is 0 Å². The molecule has 110 valence electrons. The standard InChI is InChI=1S/C21H21N/c1-15-9-11-19(12-10-15)21-13-20(16(2)14-22-21)17(3)18-7-5-4-6-8-18/h4-14,17H,1-3H3. The van der Waals surface area contributed by atoms with Crippen LogP contribution in [0.3, 0.4) is 0 Å². The molecule has 3 aromatic rings. The Kier molecular flexibility index (Phi) is 4.06. The molecule has 0 aliphatic carbocycles. The zero-order valence-corrected chi connectivity index (χ0v) is 13.4. The number of aromatic nitrogens is 1. The third-order valence-electron chi connectivity index (χ3n) is 4.26. The van der Waals surface area contributed by atoms with Crippen LogP contribution in [0.25, 0.3) is 11.3 Å². The molecule has 0 aliphatic rings. The van der Waals surface area contributed by atoms with Crippen LogP contribution in [0, 0.1) is 13.8 Å². The van der Waals surface area contributed by atoms with E-state index in [1.807, 2.05) is 6.20 Å². The molecule has 1 nitrogen and oxygen atoms in total. The Bertz CT molecular complexity index is 758. The van der Waals surface area contributed by atoms with Crippen molar-refractivity contribution in [2.24, 2.45) is 0 Å². The van der Waals surface area contributed by atoms with Gasteiger partial charge < -0.3 is 0 Å². The van der Waals surface area contributed by atoms with Gasteiger partial charge in [0.25, 0.3) is 0 Å². The largest absolute Gasteiger partial charge is 0.256 e. The Balaban J connectivity index is 2.01. The van der Waals surface area contributed by atoms with E-state index in [1.165, 1.54) is 27.8 Å². The first-order valence-corrected chi connectivity index (χ1v) is 7.73. The summed E-state index contributed by atoms with van der Waals surface area (Å²) in [5, 5.41) is 0. The molecule has 1 unspecified atom stereocenters. The molecule has 0 N–H and O–H groups in total. The van der Waals surface area contributed by atoms with Crippen molar-refractivity contribution in [1.29, 1.82) is 0 Å². The maximum Gasteiger partial charge on any atom is 0.0705 e. The SMILES string of the molecule is Cc1ccc(-c2cc(C(C)c3ccccc3)c(C)cn2)cc1. The first-order valence-electron chi connectivity index (χ1n) is 7.73. The van der Waals surface area contributed by atoms with Crippen molar-refractivity contribution in [3.05, 3.63) is 89.1 Å². The summed E-state index contributed by atoms with van der Waals surface area (Å²) in [7, 11) is 0.